The SMILES string of the molecule is COc1ccc([C@H]2[C@H](C(=O)O)[C@@H](c3ccc4c(c3)OCO4)C(=O)N2c2ccccc2)cc1. The van der Waals surface area contributed by atoms with Crippen LogP contribution in [0.15, 0.2) is 72.8 Å². The summed E-state index contributed by atoms with van der Waals surface area (Å²) in [5, 5.41) is 10.3. The lowest BCUT2D eigenvalue weighted by Crippen LogP contribution is -2.30. The molecule has 0 bridgehead atoms. The number of carboxylic acid groups (broad SMARTS) is 1. The Morgan fingerprint density at radius 2 is 1.66 bits per heavy atom. The van der Waals surface area contributed by atoms with Crippen LogP contribution in [0.25, 0.3) is 0 Å². The van der Waals surface area contributed by atoms with Crippen LogP contribution in [0.3, 0.4) is 0 Å². The van der Waals surface area contributed by atoms with Crippen molar-refractivity contribution in [3.8, 4) is 17.2 Å². The average Bonchev–Trinajstić information content (AvgIpc) is 3.41. The second-order valence-electron chi connectivity index (χ2n) is 7.72. The van der Waals surface area contributed by atoms with Crippen molar-refractivity contribution in [1.29, 1.82) is 0 Å². The average molecular weight is 431 g/mol. The third kappa shape index (κ3) is 3.22. The summed E-state index contributed by atoms with van der Waals surface area (Å²) in [4.78, 5) is 28.0. The Morgan fingerprint density at radius 1 is 0.969 bits per heavy atom. The molecule has 1 saturated heterocycles. The summed E-state index contributed by atoms with van der Waals surface area (Å²) >= 11 is 0. The van der Waals surface area contributed by atoms with Crippen LogP contribution in [0.1, 0.15) is 23.1 Å². The zero-order chi connectivity index (χ0) is 22.2. The molecule has 0 aromatic heterocycles. The van der Waals surface area contributed by atoms with Crippen LogP contribution < -0.4 is 19.1 Å². The number of hydrogen-bond acceptors (Lipinski definition) is 5. The first-order chi connectivity index (χ1) is 15.6. The number of hydrogen-bond donors (Lipinski definition) is 1. The summed E-state index contributed by atoms with van der Waals surface area (Å²) in [7, 11) is 1.57. The number of amides is 1. The molecule has 0 aliphatic carbocycles. The fraction of sp³-hybridized carbons (Fsp3) is 0.200. The topological polar surface area (TPSA) is 85.3 Å². The van der Waals surface area contributed by atoms with Crippen molar-refractivity contribution in [2.75, 3.05) is 18.8 Å². The monoisotopic (exact) mass is 431 g/mol. The molecule has 3 aromatic carbocycles. The third-order valence-corrected chi connectivity index (χ3v) is 6.01. The van der Waals surface area contributed by atoms with Crippen molar-refractivity contribution in [2.24, 2.45) is 5.92 Å². The van der Waals surface area contributed by atoms with Crippen molar-refractivity contribution in [2.45, 2.75) is 12.0 Å². The van der Waals surface area contributed by atoms with Crippen LogP contribution in [0.2, 0.25) is 0 Å². The fourth-order valence-electron chi connectivity index (χ4n) is 4.55. The molecule has 1 amide bonds. The summed E-state index contributed by atoms with van der Waals surface area (Å²) in [6, 6.07) is 20.8. The summed E-state index contributed by atoms with van der Waals surface area (Å²) in [5.41, 5.74) is 1.95. The van der Waals surface area contributed by atoms with E-state index in [0.29, 0.717) is 28.5 Å². The van der Waals surface area contributed by atoms with Crippen LogP contribution in [0.5, 0.6) is 17.2 Å². The molecule has 2 aliphatic rings. The Morgan fingerprint density at radius 3 is 2.34 bits per heavy atom. The van der Waals surface area contributed by atoms with Gasteiger partial charge in [-0.2, -0.15) is 0 Å². The van der Waals surface area contributed by atoms with Gasteiger partial charge in [-0.15, -0.1) is 0 Å². The Hall–Kier alpha value is -4.00. The van der Waals surface area contributed by atoms with E-state index in [9.17, 15) is 14.7 Å². The predicted molar refractivity (Wildman–Crippen MR) is 116 cm³/mol. The molecule has 32 heavy (non-hydrogen) atoms. The number of rotatable bonds is 5. The molecule has 7 nitrogen and oxygen atoms in total. The van der Waals surface area contributed by atoms with Crippen LogP contribution >= 0.6 is 0 Å². The van der Waals surface area contributed by atoms with Gasteiger partial charge in [-0.05, 0) is 47.5 Å². The highest BCUT2D eigenvalue weighted by atomic mass is 16.7. The maximum atomic E-state index is 13.8. The second-order valence-corrected chi connectivity index (χ2v) is 7.72. The molecule has 2 heterocycles. The van der Waals surface area contributed by atoms with E-state index in [2.05, 4.69) is 0 Å². The van der Waals surface area contributed by atoms with Crippen molar-refractivity contribution in [3.05, 3.63) is 83.9 Å². The fourth-order valence-corrected chi connectivity index (χ4v) is 4.55. The normalized spacial score (nSPS) is 21.6. The van der Waals surface area contributed by atoms with Gasteiger partial charge < -0.3 is 24.2 Å². The summed E-state index contributed by atoms with van der Waals surface area (Å²) in [6.07, 6.45) is 0. The van der Waals surface area contributed by atoms with Crippen LogP contribution in [0.4, 0.5) is 5.69 Å². The van der Waals surface area contributed by atoms with Crippen LogP contribution in [-0.2, 0) is 9.59 Å². The van der Waals surface area contributed by atoms with E-state index < -0.39 is 23.8 Å². The zero-order valence-electron chi connectivity index (χ0n) is 17.3. The number of ether oxygens (including phenoxy) is 3. The van der Waals surface area contributed by atoms with Gasteiger partial charge in [0.1, 0.15) is 5.75 Å². The summed E-state index contributed by atoms with van der Waals surface area (Å²) < 4.78 is 16.1. The summed E-state index contributed by atoms with van der Waals surface area (Å²) in [5.74, 6) is -1.45. The number of para-hydroxylation sites is 1. The highest BCUT2D eigenvalue weighted by Crippen LogP contribution is 2.50. The molecule has 0 unspecified atom stereocenters. The molecule has 1 N–H and O–H groups in total. The van der Waals surface area contributed by atoms with Gasteiger partial charge in [-0.3, -0.25) is 9.59 Å². The molecule has 162 valence electrons. The van der Waals surface area contributed by atoms with E-state index in [0.717, 1.165) is 5.56 Å². The number of fused-ring (bicyclic) bond motifs is 1. The molecular weight excluding hydrogens is 410 g/mol. The Balaban J connectivity index is 1.66. The van der Waals surface area contributed by atoms with Gasteiger partial charge in [-0.1, -0.05) is 36.4 Å². The van der Waals surface area contributed by atoms with Crippen molar-refractivity contribution >= 4 is 17.6 Å². The second kappa shape index (κ2) is 7.92. The van der Waals surface area contributed by atoms with Gasteiger partial charge in [0.05, 0.1) is 25.0 Å². The molecule has 0 spiro atoms. The Labute approximate surface area is 184 Å². The van der Waals surface area contributed by atoms with Crippen LogP contribution in [0, 0.1) is 5.92 Å². The highest BCUT2D eigenvalue weighted by molar-refractivity contribution is 6.05. The number of aliphatic carboxylic acids is 1. The van der Waals surface area contributed by atoms with E-state index in [1.54, 1.807) is 42.3 Å². The first kappa shape index (κ1) is 19.9. The first-order valence-electron chi connectivity index (χ1n) is 10.2. The summed E-state index contributed by atoms with van der Waals surface area (Å²) in [6.45, 7) is 0.102. The number of nitrogens with zero attached hydrogens (tertiary/aromatic N) is 1. The minimum atomic E-state index is -1.04. The minimum Gasteiger partial charge on any atom is -0.497 e. The van der Waals surface area contributed by atoms with Gasteiger partial charge >= 0.3 is 5.97 Å². The van der Waals surface area contributed by atoms with Gasteiger partial charge in [0.15, 0.2) is 11.5 Å². The third-order valence-electron chi connectivity index (χ3n) is 6.01. The van der Waals surface area contributed by atoms with Crippen molar-refractivity contribution in [3.63, 3.8) is 0 Å². The molecule has 0 saturated carbocycles. The Kier molecular flexibility index (Phi) is 4.93. The quantitative estimate of drug-likeness (QED) is 0.657. The van der Waals surface area contributed by atoms with E-state index in [4.69, 9.17) is 14.2 Å². The maximum absolute atomic E-state index is 13.8. The lowest BCUT2D eigenvalue weighted by molar-refractivity contribution is -0.143. The molecule has 5 rings (SSSR count). The zero-order valence-corrected chi connectivity index (χ0v) is 17.3. The van der Waals surface area contributed by atoms with E-state index in [-0.39, 0.29) is 12.7 Å². The van der Waals surface area contributed by atoms with Crippen molar-refractivity contribution in [1.82, 2.24) is 0 Å². The van der Waals surface area contributed by atoms with E-state index in [1.807, 2.05) is 42.5 Å². The van der Waals surface area contributed by atoms with E-state index >= 15 is 0 Å². The number of methoxy groups -OCH3 is 1. The number of anilines is 1. The molecule has 3 aromatic rings. The molecule has 7 heteroatoms. The van der Waals surface area contributed by atoms with Crippen LogP contribution in [-0.4, -0.2) is 30.9 Å². The van der Waals surface area contributed by atoms with E-state index in [1.165, 1.54) is 0 Å². The minimum absolute atomic E-state index is 0.102. The standard InChI is InChI=1S/C25H21NO6/c1-30-18-10-7-15(8-11-18)23-22(25(28)29)21(16-9-12-19-20(13-16)32-14-31-19)24(27)26(23)17-5-3-2-4-6-17/h2-13,21-23H,14H2,1H3,(H,28,29)/t21-,22-,23+/m1/s1. The molecule has 1 fully saturated rings. The highest BCUT2D eigenvalue weighted by Gasteiger charge is 2.53. The first-order valence-corrected chi connectivity index (χ1v) is 10.2. The number of carbonyl (C=O) groups is 2. The van der Waals surface area contributed by atoms with Crippen molar-refractivity contribution < 1.29 is 28.9 Å². The number of carbonyl (C=O) groups excluding carboxylic acids is 1. The smallest absolute Gasteiger partial charge is 0.310 e. The lowest BCUT2D eigenvalue weighted by Gasteiger charge is -2.27. The molecule has 0 radical (unpaired) electrons. The predicted octanol–water partition coefficient (Wildman–Crippen LogP) is 4.00. The molecule has 3 atom stereocenters. The van der Waals surface area contributed by atoms with Gasteiger partial charge in [0.25, 0.3) is 0 Å². The maximum Gasteiger partial charge on any atom is 0.310 e. The van der Waals surface area contributed by atoms with Gasteiger partial charge in [0.2, 0.25) is 12.7 Å². The number of benzene rings is 3. The number of carboxylic acids is 1. The molecule has 2 aliphatic heterocycles. The van der Waals surface area contributed by atoms with Gasteiger partial charge in [-0.25, -0.2) is 0 Å². The molecular formula is C25H21NO6. The van der Waals surface area contributed by atoms with Gasteiger partial charge in [0, 0.05) is 5.69 Å². The Bertz CT molecular complexity index is 1160. The lowest BCUT2D eigenvalue weighted by atomic mass is 9.82. The largest absolute Gasteiger partial charge is 0.497 e.